The number of thiophene rings is 2. The van der Waals surface area contributed by atoms with Gasteiger partial charge in [0.1, 0.15) is 11.4 Å². The molecule has 0 bridgehead atoms. The summed E-state index contributed by atoms with van der Waals surface area (Å²) in [6.07, 6.45) is 4.56. The molecular formula is C19H21N3O2S2. The topological polar surface area (TPSA) is 64.0 Å². The van der Waals surface area contributed by atoms with E-state index >= 15 is 0 Å². The quantitative estimate of drug-likeness (QED) is 0.745. The van der Waals surface area contributed by atoms with Gasteiger partial charge in [-0.3, -0.25) is 14.2 Å². The highest BCUT2D eigenvalue weighted by Crippen LogP contribution is 2.35. The average molecular weight is 388 g/mol. The molecule has 0 saturated heterocycles. The summed E-state index contributed by atoms with van der Waals surface area (Å²) in [5.41, 5.74) is 1.06. The van der Waals surface area contributed by atoms with E-state index in [2.05, 4.69) is 17.2 Å². The lowest BCUT2D eigenvalue weighted by molar-refractivity contribution is -0.122. The molecule has 0 aliphatic heterocycles. The normalized spacial score (nSPS) is 17.8. The third kappa shape index (κ3) is 3.21. The molecule has 3 heterocycles. The fourth-order valence-corrected chi connectivity index (χ4v) is 5.60. The molecule has 0 aromatic carbocycles. The van der Waals surface area contributed by atoms with Gasteiger partial charge in [0.2, 0.25) is 5.91 Å². The van der Waals surface area contributed by atoms with Gasteiger partial charge in [-0.1, -0.05) is 13.0 Å². The largest absolute Gasteiger partial charge is 0.347 e. The Bertz CT molecular complexity index is 1000. The van der Waals surface area contributed by atoms with Gasteiger partial charge in [-0.05, 0) is 49.1 Å². The molecule has 0 unspecified atom stereocenters. The maximum absolute atomic E-state index is 12.9. The van der Waals surface area contributed by atoms with Crippen molar-refractivity contribution in [2.75, 3.05) is 0 Å². The van der Waals surface area contributed by atoms with Crippen molar-refractivity contribution in [2.45, 2.75) is 45.7 Å². The van der Waals surface area contributed by atoms with E-state index in [1.54, 1.807) is 22.7 Å². The second kappa shape index (κ2) is 6.96. The van der Waals surface area contributed by atoms with Gasteiger partial charge in [-0.25, -0.2) is 4.98 Å². The number of rotatable bonds is 4. The molecule has 0 saturated carbocycles. The van der Waals surface area contributed by atoms with E-state index in [1.807, 2.05) is 24.4 Å². The number of aromatic nitrogens is 2. The average Bonchev–Trinajstić information content (AvgIpc) is 3.24. The molecule has 1 aliphatic rings. The summed E-state index contributed by atoms with van der Waals surface area (Å²) in [5.74, 6) is 0.481. The SMILES string of the molecule is C[C@H]1CCc2c(sc3ncn(CC(=O)N[C@@H](C)c4cccs4)c(=O)c23)C1. The summed E-state index contributed by atoms with van der Waals surface area (Å²) in [6.45, 7) is 4.20. The highest BCUT2D eigenvalue weighted by Gasteiger charge is 2.23. The minimum Gasteiger partial charge on any atom is -0.347 e. The Balaban J connectivity index is 1.58. The van der Waals surface area contributed by atoms with Crippen LogP contribution in [0.2, 0.25) is 0 Å². The number of hydrogen-bond donors (Lipinski definition) is 1. The van der Waals surface area contributed by atoms with Crippen molar-refractivity contribution >= 4 is 38.8 Å². The van der Waals surface area contributed by atoms with Gasteiger partial charge in [0.25, 0.3) is 5.56 Å². The lowest BCUT2D eigenvalue weighted by atomic mass is 9.89. The van der Waals surface area contributed by atoms with Crippen LogP contribution in [0.4, 0.5) is 0 Å². The van der Waals surface area contributed by atoms with Gasteiger partial charge in [0, 0.05) is 9.75 Å². The zero-order valence-electron chi connectivity index (χ0n) is 14.8. The smallest absolute Gasteiger partial charge is 0.262 e. The van der Waals surface area contributed by atoms with Crippen molar-refractivity contribution in [3.8, 4) is 0 Å². The van der Waals surface area contributed by atoms with Gasteiger partial charge >= 0.3 is 0 Å². The molecule has 4 rings (SSSR count). The van der Waals surface area contributed by atoms with Crippen LogP contribution in [-0.4, -0.2) is 15.5 Å². The van der Waals surface area contributed by atoms with E-state index < -0.39 is 0 Å². The number of hydrogen-bond acceptors (Lipinski definition) is 5. The highest BCUT2D eigenvalue weighted by atomic mass is 32.1. The summed E-state index contributed by atoms with van der Waals surface area (Å²) in [4.78, 5) is 33.0. The molecule has 1 amide bonds. The van der Waals surface area contributed by atoms with Crippen molar-refractivity contribution < 1.29 is 4.79 Å². The van der Waals surface area contributed by atoms with Crippen LogP contribution in [0.3, 0.4) is 0 Å². The number of amides is 1. The second-order valence-electron chi connectivity index (χ2n) is 7.01. The van der Waals surface area contributed by atoms with Gasteiger partial charge < -0.3 is 5.32 Å². The number of carbonyl (C=O) groups excluding carboxylic acids is 1. The molecule has 3 aromatic heterocycles. The standard InChI is InChI=1S/C19H21N3O2S2/c1-11-5-6-13-15(8-11)26-18-17(13)19(24)22(10-20-18)9-16(23)21-12(2)14-4-3-7-25-14/h3-4,7,10-12H,5-6,8-9H2,1-2H3,(H,21,23)/t11-,12-/m0/s1. The van der Waals surface area contributed by atoms with Gasteiger partial charge in [-0.15, -0.1) is 22.7 Å². The molecule has 1 aliphatic carbocycles. The van der Waals surface area contributed by atoms with Crippen LogP contribution in [0.5, 0.6) is 0 Å². The second-order valence-corrected chi connectivity index (χ2v) is 9.08. The van der Waals surface area contributed by atoms with E-state index in [0.29, 0.717) is 5.92 Å². The lowest BCUT2D eigenvalue weighted by Gasteiger charge is -2.17. The predicted octanol–water partition coefficient (Wildman–Crippen LogP) is 3.52. The summed E-state index contributed by atoms with van der Waals surface area (Å²) in [6, 6.07) is 3.89. The molecule has 0 spiro atoms. The Morgan fingerprint density at radius 3 is 3.12 bits per heavy atom. The van der Waals surface area contributed by atoms with Crippen molar-refractivity contribution in [3.05, 3.63) is 49.5 Å². The fourth-order valence-electron chi connectivity index (χ4n) is 3.53. The zero-order valence-corrected chi connectivity index (χ0v) is 16.5. The molecule has 7 heteroatoms. The predicted molar refractivity (Wildman–Crippen MR) is 106 cm³/mol. The molecule has 2 atom stereocenters. The molecule has 0 fully saturated rings. The number of carbonyl (C=O) groups is 1. The van der Waals surface area contributed by atoms with Crippen molar-refractivity contribution in [1.82, 2.24) is 14.9 Å². The first-order valence-electron chi connectivity index (χ1n) is 8.85. The first-order chi connectivity index (χ1) is 12.5. The van der Waals surface area contributed by atoms with Crippen molar-refractivity contribution in [2.24, 2.45) is 5.92 Å². The molecule has 136 valence electrons. The van der Waals surface area contributed by atoms with E-state index in [4.69, 9.17) is 0 Å². The van der Waals surface area contributed by atoms with Crippen LogP contribution in [0.1, 0.15) is 41.6 Å². The molecule has 1 N–H and O–H groups in total. The van der Waals surface area contributed by atoms with E-state index in [1.165, 1.54) is 15.8 Å². The third-order valence-corrected chi connectivity index (χ3v) is 7.16. The Morgan fingerprint density at radius 1 is 1.50 bits per heavy atom. The monoisotopic (exact) mass is 387 g/mol. The van der Waals surface area contributed by atoms with Crippen LogP contribution in [-0.2, 0) is 24.2 Å². The number of nitrogens with zero attached hydrogens (tertiary/aromatic N) is 2. The minimum absolute atomic E-state index is 0.00148. The fraction of sp³-hybridized carbons (Fsp3) is 0.421. The van der Waals surface area contributed by atoms with Gasteiger partial charge in [-0.2, -0.15) is 0 Å². The van der Waals surface area contributed by atoms with Crippen LogP contribution in [0.25, 0.3) is 10.2 Å². The highest BCUT2D eigenvalue weighted by molar-refractivity contribution is 7.18. The van der Waals surface area contributed by atoms with E-state index in [9.17, 15) is 9.59 Å². The Morgan fingerprint density at radius 2 is 2.35 bits per heavy atom. The zero-order chi connectivity index (χ0) is 18.3. The van der Waals surface area contributed by atoms with Crippen LogP contribution < -0.4 is 10.9 Å². The number of aryl methyl sites for hydroxylation is 1. The van der Waals surface area contributed by atoms with Gasteiger partial charge in [0.05, 0.1) is 17.8 Å². The number of nitrogens with one attached hydrogen (secondary N) is 1. The summed E-state index contributed by atoms with van der Waals surface area (Å²) in [5, 5.41) is 5.66. The first-order valence-corrected chi connectivity index (χ1v) is 10.5. The Hall–Kier alpha value is -1.99. The maximum atomic E-state index is 12.9. The molecule has 26 heavy (non-hydrogen) atoms. The van der Waals surface area contributed by atoms with E-state index in [0.717, 1.165) is 39.9 Å². The lowest BCUT2D eigenvalue weighted by Crippen LogP contribution is -2.33. The number of fused-ring (bicyclic) bond motifs is 3. The molecule has 3 aromatic rings. The maximum Gasteiger partial charge on any atom is 0.262 e. The molecule has 5 nitrogen and oxygen atoms in total. The minimum atomic E-state index is -0.174. The first kappa shape index (κ1) is 17.4. The molecule has 0 radical (unpaired) electrons. The van der Waals surface area contributed by atoms with Crippen LogP contribution in [0, 0.1) is 5.92 Å². The molecular weight excluding hydrogens is 366 g/mol. The summed E-state index contributed by atoms with van der Waals surface area (Å²) < 4.78 is 1.43. The summed E-state index contributed by atoms with van der Waals surface area (Å²) >= 11 is 3.24. The third-order valence-electron chi connectivity index (χ3n) is 4.94. The van der Waals surface area contributed by atoms with Crippen molar-refractivity contribution in [1.29, 1.82) is 0 Å². The van der Waals surface area contributed by atoms with Gasteiger partial charge in [0.15, 0.2) is 0 Å². The van der Waals surface area contributed by atoms with Crippen LogP contribution in [0.15, 0.2) is 28.6 Å². The summed E-state index contributed by atoms with van der Waals surface area (Å²) in [7, 11) is 0. The van der Waals surface area contributed by atoms with Crippen molar-refractivity contribution in [3.63, 3.8) is 0 Å². The van der Waals surface area contributed by atoms with E-state index in [-0.39, 0.29) is 24.1 Å². The Kier molecular flexibility index (Phi) is 4.67. The van der Waals surface area contributed by atoms with Crippen LogP contribution >= 0.6 is 22.7 Å². The Labute approximate surface area is 159 Å².